The largest absolute Gasteiger partial charge is 0.494 e. The number of nitrogens with one attached hydrogen (secondary N) is 1. The van der Waals surface area contributed by atoms with Gasteiger partial charge in [0.2, 0.25) is 15.9 Å². The van der Waals surface area contributed by atoms with Gasteiger partial charge < -0.3 is 9.64 Å². The quantitative estimate of drug-likeness (QED) is 0.902. The summed E-state index contributed by atoms with van der Waals surface area (Å²) in [6, 6.07) is 4.95. The highest BCUT2D eigenvalue weighted by Crippen LogP contribution is 2.34. The van der Waals surface area contributed by atoms with E-state index in [0.29, 0.717) is 30.1 Å². The second kappa shape index (κ2) is 5.93. The molecule has 0 aromatic heterocycles. The highest BCUT2D eigenvalue weighted by Gasteiger charge is 2.25. The van der Waals surface area contributed by atoms with Crippen LogP contribution in [0.3, 0.4) is 0 Å². The fourth-order valence-corrected chi connectivity index (χ4v) is 2.84. The molecule has 0 saturated carbocycles. The Morgan fingerprint density at radius 1 is 1.33 bits per heavy atom. The maximum atomic E-state index is 11.9. The third-order valence-corrected chi connectivity index (χ3v) is 5.19. The molecule has 116 valence electrons. The Balaban J connectivity index is 2.30. The Hall–Kier alpha value is -1.76. The number of rotatable bonds is 5. The van der Waals surface area contributed by atoms with E-state index in [4.69, 9.17) is 4.74 Å². The molecular formula is C14H20N2O4S. The number of benzene rings is 1. The zero-order valence-corrected chi connectivity index (χ0v) is 13.2. The summed E-state index contributed by atoms with van der Waals surface area (Å²) in [7, 11) is -1.90. The standard InChI is InChI=1S/C14H20N2O4S/c1-10(2)21(18,19)15-11-6-7-12(13(9-11)20-3)16-8-4-5-14(16)17/h6-7,9-10,15H,4-5,8H2,1-3H3. The van der Waals surface area contributed by atoms with Crippen molar-refractivity contribution in [2.45, 2.75) is 31.9 Å². The van der Waals surface area contributed by atoms with E-state index in [1.54, 1.807) is 36.9 Å². The van der Waals surface area contributed by atoms with Gasteiger partial charge in [0.15, 0.2) is 0 Å². The molecule has 2 rings (SSSR count). The molecule has 7 heteroatoms. The molecule has 0 radical (unpaired) electrons. The van der Waals surface area contributed by atoms with E-state index in [0.717, 1.165) is 6.42 Å². The van der Waals surface area contributed by atoms with Crippen molar-refractivity contribution in [3.63, 3.8) is 0 Å². The highest BCUT2D eigenvalue weighted by atomic mass is 32.2. The van der Waals surface area contributed by atoms with Crippen molar-refractivity contribution in [2.75, 3.05) is 23.3 Å². The van der Waals surface area contributed by atoms with Gasteiger partial charge in [-0.2, -0.15) is 0 Å². The maximum Gasteiger partial charge on any atom is 0.235 e. The number of methoxy groups -OCH3 is 1. The zero-order valence-electron chi connectivity index (χ0n) is 12.4. The van der Waals surface area contributed by atoms with E-state index in [1.807, 2.05) is 0 Å². The minimum Gasteiger partial charge on any atom is -0.494 e. The summed E-state index contributed by atoms with van der Waals surface area (Å²) in [5.74, 6) is 0.540. The molecule has 1 aromatic rings. The summed E-state index contributed by atoms with van der Waals surface area (Å²) in [5, 5.41) is -0.525. The number of hydrogen-bond acceptors (Lipinski definition) is 4. The molecule has 0 atom stereocenters. The lowest BCUT2D eigenvalue weighted by Crippen LogP contribution is -2.25. The second-order valence-electron chi connectivity index (χ2n) is 5.23. The van der Waals surface area contributed by atoms with Crippen molar-refractivity contribution >= 4 is 27.3 Å². The number of anilines is 2. The van der Waals surface area contributed by atoms with Crippen LogP contribution in [0.15, 0.2) is 18.2 Å². The lowest BCUT2D eigenvalue weighted by molar-refractivity contribution is -0.117. The Bertz CT molecular complexity index is 640. The second-order valence-corrected chi connectivity index (χ2v) is 7.47. The van der Waals surface area contributed by atoms with Crippen molar-refractivity contribution in [1.82, 2.24) is 0 Å². The van der Waals surface area contributed by atoms with Gasteiger partial charge in [0.1, 0.15) is 5.75 Å². The summed E-state index contributed by atoms with van der Waals surface area (Å²) < 4.78 is 31.6. The number of carbonyl (C=O) groups excluding carboxylic acids is 1. The van der Waals surface area contributed by atoms with Crippen molar-refractivity contribution in [3.05, 3.63) is 18.2 Å². The first-order valence-electron chi connectivity index (χ1n) is 6.85. The Labute approximate surface area is 125 Å². The van der Waals surface area contributed by atoms with Crippen molar-refractivity contribution in [2.24, 2.45) is 0 Å². The summed E-state index contributed by atoms with van der Waals surface area (Å²) in [5.41, 5.74) is 1.10. The maximum absolute atomic E-state index is 11.9. The number of carbonyl (C=O) groups is 1. The van der Waals surface area contributed by atoms with E-state index in [9.17, 15) is 13.2 Å². The SMILES string of the molecule is COc1cc(NS(=O)(=O)C(C)C)ccc1N1CCCC1=O. The third-order valence-electron chi connectivity index (χ3n) is 3.42. The lowest BCUT2D eigenvalue weighted by atomic mass is 10.2. The van der Waals surface area contributed by atoms with Crippen LogP contribution in [0.1, 0.15) is 26.7 Å². The molecule has 1 aliphatic heterocycles. The highest BCUT2D eigenvalue weighted by molar-refractivity contribution is 7.93. The van der Waals surface area contributed by atoms with Crippen LogP contribution in [0, 0.1) is 0 Å². The van der Waals surface area contributed by atoms with Crippen LogP contribution < -0.4 is 14.4 Å². The fraction of sp³-hybridized carbons (Fsp3) is 0.500. The van der Waals surface area contributed by atoms with E-state index >= 15 is 0 Å². The van der Waals surface area contributed by atoms with Gasteiger partial charge in [0, 0.05) is 19.0 Å². The molecule has 1 saturated heterocycles. The molecule has 1 aromatic carbocycles. The average Bonchev–Trinajstić information content (AvgIpc) is 2.84. The molecule has 6 nitrogen and oxygen atoms in total. The van der Waals surface area contributed by atoms with Gasteiger partial charge >= 0.3 is 0 Å². The van der Waals surface area contributed by atoms with E-state index in [2.05, 4.69) is 4.72 Å². The number of nitrogens with zero attached hydrogens (tertiary/aromatic N) is 1. The summed E-state index contributed by atoms with van der Waals surface area (Å²) in [4.78, 5) is 13.5. The molecular weight excluding hydrogens is 292 g/mol. The minimum absolute atomic E-state index is 0.0591. The molecule has 0 aliphatic carbocycles. The van der Waals surface area contributed by atoms with Crippen LogP contribution in [-0.4, -0.2) is 33.2 Å². The number of sulfonamides is 1. The predicted molar refractivity (Wildman–Crippen MR) is 82.3 cm³/mol. The fourth-order valence-electron chi connectivity index (χ4n) is 2.15. The molecule has 0 spiro atoms. The Morgan fingerprint density at radius 2 is 2.05 bits per heavy atom. The van der Waals surface area contributed by atoms with Crippen LogP contribution in [0.2, 0.25) is 0 Å². The Kier molecular flexibility index (Phi) is 4.41. The Morgan fingerprint density at radius 3 is 2.57 bits per heavy atom. The van der Waals surface area contributed by atoms with E-state index in [1.165, 1.54) is 7.11 Å². The molecule has 0 unspecified atom stereocenters. The first-order valence-corrected chi connectivity index (χ1v) is 8.40. The smallest absolute Gasteiger partial charge is 0.235 e. The van der Waals surface area contributed by atoms with Crippen molar-refractivity contribution in [1.29, 1.82) is 0 Å². The summed E-state index contributed by atoms with van der Waals surface area (Å²) in [6.45, 7) is 3.87. The lowest BCUT2D eigenvalue weighted by Gasteiger charge is -2.20. The predicted octanol–water partition coefficient (Wildman–Crippen LogP) is 1.97. The first kappa shape index (κ1) is 15.6. The van der Waals surface area contributed by atoms with Crippen LogP contribution in [0.4, 0.5) is 11.4 Å². The van der Waals surface area contributed by atoms with Crippen molar-refractivity contribution in [3.8, 4) is 5.75 Å². The molecule has 1 amide bonds. The van der Waals surface area contributed by atoms with Gasteiger partial charge in [-0.15, -0.1) is 0 Å². The van der Waals surface area contributed by atoms with Crippen LogP contribution >= 0.6 is 0 Å². The molecule has 1 N–H and O–H groups in total. The van der Waals surface area contributed by atoms with Crippen LogP contribution in [-0.2, 0) is 14.8 Å². The molecule has 1 fully saturated rings. The van der Waals surface area contributed by atoms with Gasteiger partial charge in [-0.25, -0.2) is 8.42 Å². The average molecular weight is 312 g/mol. The monoisotopic (exact) mass is 312 g/mol. The van der Waals surface area contributed by atoms with E-state index in [-0.39, 0.29) is 5.91 Å². The van der Waals surface area contributed by atoms with E-state index < -0.39 is 15.3 Å². The molecule has 1 aliphatic rings. The normalized spacial score (nSPS) is 15.6. The van der Waals surface area contributed by atoms with Crippen LogP contribution in [0.5, 0.6) is 5.75 Å². The number of hydrogen-bond donors (Lipinski definition) is 1. The molecule has 0 bridgehead atoms. The van der Waals surface area contributed by atoms with Crippen molar-refractivity contribution < 1.29 is 17.9 Å². The molecule has 21 heavy (non-hydrogen) atoms. The van der Waals surface area contributed by atoms with Gasteiger partial charge in [0.25, 0.3) is 0 Å². The third kappa shape index (κ3) is 3.29. The topological polar surface area (TPSA) is 75.7 Å². The van der Waals surface area contributed by atoms with Crippen LogP contribution in [0.25, 0.3) is 0 Å². The van der Waals surface area contributed by atoms with Gasteiger partial charge in [0.05, 0.1) is 23.7 Å². The van der Waals surface area contributed by atoms with Gasteiger partial charge in [-0.3, -0.25) is 9.52 Å². The summed E-state index contributed by atoms with van der Waals surface area (Å²) in [6.07, 6.45) is 1.36. The van der Waals surface area contributed by atoms with Gasteiger partial charge in [-0.1, -0.05) is 0 Å². The molecule has 1 heterocycles. The van der Waals surface area contributed by atoms with Gasteiger partial charge in [-0.05, 0) is 32.4 Å². The first-order chi connectivity index (χ1) is 9.85. The number of ether oxygens (including phenoxy) is 1. The summed E-state index contributed by atoms with van der Waals surface area (Å²) >= 11 is 0. The minimum atomic E-state index is -3.40. The zero-order chi connectivity index (χ0) is 15.6. The number of amides is 1.